The van der Waals surface area contributed by atoms with Gasteiger partial charge in [-0.3, -0.25) is 10.1 Å². The van der Waals surface area contributed by atoms with Crippen LogP contribution in [0.4, 0.5) is 5.13 Å². The summed E-state index contributed by atoms with van der Waals surface area (Å²) in [7, 11) is 0. The molecule has 6 nitrogen and oxygen atoms in total. The largest absolute Gasteiger partial charge is 0.494 e. The van der Waals surface area contributed by atoms with Crippen molar-refractivity contribution in [2.75, 3.05) is 11.9 Å². The number of ether oxygens (including phenoxy) is 1. The van der Waals surface area contributed by atoms with Crippen molar-refractivity contribution < 1.29 is 9.53 Å². The highest BCUT2D eigenvalue weighted by Crippen LogP contribution is 2.27. The summed E-state index contributed by atoms with van der Waals surface area (Å²) in [6.07, 6.45) is 4.45. The summed E-state index contributed by atoms with van der Waals surface area (Å²) in [6, 6.07) is 25.7. The van der Waals surface area contributed by atoms with Gasteiger partial charge in [-0.1, -0.05) is 53.8 Å². The number of thiazole rings is 1. The molecule has 5 aromatic rings. The van der Waals surface area contributed by atoms with E-state index in [2.05, 4.69) is 14.9 Å². The molecule has 36 heavy (non-hydrogen) atoms. The predicted octanol–water partition coefficient (Wildman–Crippen LogP) is 6.57. The number of carbonyl (C=O) groups is 1. The average molecular weight is 493 g/mol. The zero-order valence-corrected chi connectivity index (χ0v) is 20.6. The van der Waals surface area contributed by atoms with Crippen LogP contribution in [-0.4, -0.2) is 22.1 Å². The number of amides is 1. The highest BCUT2D eigenvalue weighted by molar-refractivity contribution is 7.22. The Kier molecular flexibility index (Phi) is 6.78. The molecule has 0 atom stereocenters. The third-order valence-corrected chi connectivity index (χ3v) is 6.75. The molecule has 5 rings (SSSR count). The lowest BCUT2D eigenvalue weighted by atomic mass is 10.1. The number of rotatable bonds is 8. The predicted molar refractivity (Wildman–Crippen MR) is 145 cm³/mol. The van der Waals surface area contributed by atoms with Gasteiger partial charge in [0.05, 0.1) is 16.8 Å². The minimum atomic E-state index is -0.472. The maximum atomic E-state index is 12.9. The van der Waals surface area contributed by atoms with Crippen LogP contribution in [0.25, 0.3) is 27.2 Å². The molecule has 0 bridgehead atoms. The quantitative estimate of drug-likeness (QED) is 0.151. The van der Waals surface area contributed by atoms with Gasteiger partial charge in [-0.15, -0.1) is 0 Å². The smallest absolute Gasteiger partial charge is 0.268 e. The number of nitrogens with one attached hydrogen (secondary N) is 1. The van der Waals surface area contributed by atoms with Crippen LogP contribution < -0.4 is 10.1 Å². The molecule has 178 valence electrons. The molecule has 0 radical (unpaired) electrons. The lowest BCUT2D eigenvalue weighted by molar-refractivity contribution is -0.112. The molecule has 0 aliphatic rings. The normalized spacial score (nSPS) is 11.5. The highest BCUT2D eigenvalue weighted by atomic mass is 32.1. The molecule has 0 fully saturated rings. The summed E-state index contributed by atoms with van der Waals surface area (Å²) >= 11 is 1.38. The van der Waals surface area contributed by atoms with Gasteiger partial charge in [0.1, 0.15) is 17.4 Å². The third kappa shape index (κ3) is 5.14. The standard InChI is InChI=1S/C29H24N4O2S/c1-20-8-6-9-23(16-20)35-15-7-14-33-19-22(24-10-2-4-12-26(24)33)17-21(18-30)28(34)32-29-31-25-11-3-5-13-27(25)36-29/h2-6,8-13,16-17,19H,7,14-15H2,1H3,(H,31,32,34)/b21-17+. The van der Waals surface area contributed by atoms with Gasteiger partial charge in [0.15, 0.2) is 5.13 Å². The van der Waals surface area contributed by atoms with Crippen LogP contribution in [0.2, 0.25) is 0 Å². The van der Waals surface area contributed by atoms with Crippen molar-refractivity contribution in [2.24, 2.45) is 0 Å². The summed E-state index contributed by atoms with van der Waals surface area (Å²) in [5.74, 6) is 0.397. The summed E-state index contributed by atoms with van der Waals surface area (Å²) in [6.45, 7) is 3.39. The van der Waals surface area contributed by atoms with Crippen LogP contribution in [0.3, 0.4) is 0 Å². The van der Waals surface area contributed by atoms with E-state index in [1.807, 2.05) is 92.0 Å². The van der Waals surface area contributed by atoms with E-state index in [-0.39, 0.29) is 5.57 Å². The number of aryl methyl sites for hydroxylation is 2. The number of para-hydroxylation sites is 2. The van der Waals surface area contributed by atoms with Crippen LogP contribution in [0.1, 0.15) is 17.5 Å². The molecule has 3 aromatic carbocycles. The fourth-order valence-electron chi connectivity index (χ4n) is 4.10. The van der Waals surface area contributed by atoms with E-state index < -0.39 is 5.91 Å². The number of nitrogens with zero attached hydrogens (tertiary/aromatic N) is 3. The lowest BCUT2D eigenvalue weighted by Crippen LogP contribution is -2.13. The Hall–Kier alpha value is -4.41. The summed E-state index contributed by atoms with van der Waals surface area (Å²) in [5.41, 5.74) is 3.87. The minimum Gasteiger partial charge on any atom is -0.494 e. The number of benzene rings is 3. The fraction of sp³-hybridized carbons (Fsp3) is 0.138. The van der Waals surface area contributed by atoms with Crippen LogP contribution in [0, 0.1) is 18.3 Å². The average Bonchev–Trinajstić information content (AvgIpc) is 3.45. The molecule has 0 saturated heterocycles. The monoisotopic (exact) mass is 492 g/mol. The molecule has 0 saturated carbocycles. The molecule has 1 amide bonds. The number of hydrogen-bond acceptors (Lipinski definition) is 5. The number of nitriles is 1. The molecule has 0 unspecified atom stereocenters. The van der Waals surface area contributed by atoms with Crippen molar-refractivity contribution >= 4 is 49.6 Å². The first kappa shape index (κ1) is 23.3. The molecule has 0 spiro atoms. The number of fused-ring (bicyclic) bond motifs is 2. The van der Waals surface area contributed by atoms with Crippen LogP contribution in [0.15, 0.2) is 84.6 Å². The number of anilines is 1. The van der Waals surface area contributed by atoms with Crippen molar-refractivity contribution in [3.05, 3.63) is 95.7 Å². The van der Waals surface area contributed by atoms with Crippen molar-refractivity contribution in [2.45, 2.75) is 19.9 Å². The van der Waals surface area contributed by atoms with Crippen LogP contribution in [0.5, 0.6) is 5.75 Å². The van der Waals surface area contributed by atoms with Gasteiger partial charge in [-0.2, -0.15) is 5.26 Å². The third-order valence-electron chi connectivity index (χ3n) is 5.80. The van der Waals surface area contributed by atoms with Gasteiger partial charge in [0.2, 0.25) is 0 Å². The van der Waals surface area contributed by atoms with Gasteiger partial charge < -0.3 is 9.30 Å². The maximum absolute atomic E-state index is 12.9. The molecule has 0 aliphatic heterocycles. The van der Waals surface area contributed by atoms with E-state index in [1.54, 1.807) is 6.08 Å². The van der Waals surface area contributed by atoms with Gasteiger partial charge >= 0.3 is 0 Å². The number of aromatic nitrogens is 2. The van der Waals surface area contributed by atoms with E-state index in [0.29, 0.717) is 11.7 Å². The number of hydrogen-bond donors (Lipinski definition) is 1. The van der Waals surface area contributed by atoms with Gasteiger partial charge in [-0.25, -0.2) is 4.98 Å². The summed E-state index contributed by atoms with van der Waals surface area (Å²) in [4.78, 5) is 17.3. The Labute approximate surface area is 213 Å². The number of carbonyl (C=O) groups excluding carboxylic acids is 1. The second kappa shape index (κ2) is 10.5. The van der Waals surface area contributed by atoms with Crippen LogP contribution >= 0.6 is 11.3 Å². The maximum Gasteiger partial charge on any atom is 0.268 e. The summed E-state index contributed by atoms with van der Waals surface area (Å²) in [5, 5.41) is 14.0. The summed E-state index contributed by atoms with van der Waals surface area (Å²) < 4.78 is 9.01. The first-order chi connectivity index (χ1) is 17.6. The van der Waals surface area contributed by atoms with E-state index in [1.165, 1.54) is 16.9 Å². The Balaban J connectivity index is 1.32. The second-order valence-electron chi connectivity index (χ2n) is 8.42. The molecular formula is C29H24N4O2S. The zero-order valence-electron chi connectivity index (χ0n) is 19.8. The van der Waals surface area contributed by atoms with Gasteiger partial charge in [0, 0.05) is 29.2 Å². The first-order valence-corrected chi connectivity index (χ1v) is 12.5. The SMILES string of the molecule is Cc1cccc(OCCCn2cc(/C=C(\C#N)C(=O)Nc3nc4ccccc4s3)c3ccccc32)c1. The van der Waals surface area contributed by atoms with Gasteiger partial charge in [0.25, 0.3) is 5.91 Å². The first-order valence-electron chi connectivity index (χ1n) is 11.7. The topological polar surface area (TPSA) is 79.9 Å². The van der Waals surface area contributed by atoms with E-state index in [0.717, 1.165) is 45.4 Å². The fourth-order valence-corrected chi connectivity index (χ4v) is 4.96. The second-order valence-corrected chi connectivity index (χ2v) is 9.45. The van der Waals surface area contributed by atoms with E-state index >= 15 is 0 Å². The molecule has 2 aromatic heterocycles. The Morgan fingerprint density at radius 3 is 2.81 bits per heavy atom. The zero-order chi connectivity index (χ0) is 24.9. The van der Waals surface area contributed by atoms with E-state index in [9.17, 15) is 10.1 Å². The Morgan fingerprint density at radius 1 is 1.14 bits per heavy atom. The van der Waals surface area contributed by atoms with E-state index in [4.69, 9.17) is 4.74 Å². The van der Waals surface area contributed by atoms with Crippen molar-refractivity contribution in [1.82, 2.24) is 9.55 Å². The minimum absolute atomic E-state index is 0.0277. The molecule has 0 aliphatic carbocycles. The van der Waals surface area contributed by atoms with Crippen molar-refractivity contribution in [1.29, 1.82) is 5.26 Å². The molecule has 2 heterocycles. The molecule has 7 heteroatoms. The van der Waals surface area contributed by atoms with Crippen molar-refractivity contribution in [3.63, 3.8) is 0 Å². The highest BCUT2D eigenvalue weighted by Gasteiger charge is 2.14. The van der Waals surface area contributed by atoms with Gasteiger partial charge in [-0.05, 0) is 55.3 Å². The molecular weight excluding hydrogens is 468 g/mol. The van der Waals surface area contributed by atoms with Crippen LogP contribution in [-0.2, 0) is 11.3 Å². The molecule has 1 N–H and O–H groups in total. The lowest BCUT2D eigenvalue weighted by Gasteiger charge is -2.08. The Morgan fingerprint density at radius 2 is 1.97 bits per heavy atom. The van der Waals surface area contributed by atoms with Crippen molar-refractivity contribution in [3.8, 4) is 11.8 Å². The Bertz CT molecular complexity index is 1590.